The Morgan fingerprint density at radius 1 is 1.44 bits per heavy atom. The number of benzene rings is 1. The molecule has 1 heterocycles. The third-order valence-corrected chi connectivity index (χ3v) is 2.92. The highest BCUT2D eigenvalue weighted by molar-refractivity contribution is 5.31. The van der Waals surface area contributed by atoms with Crippen LogP contribution in [0.15, 0.2) is 24.4 Å². The van der Waals surface area contributed by atoms with E-state index in [1.165, 1.54) is 6.07 Å². The lowest BCUT2D eigenvalue weighted by Gasteiger charge is -2.19. The van der Waals surface area contributed by atoms with E-state index in [0.29, 0.717) is 5.56 Å². The van der Waals surface area contributed by atoms with Crippen molar-refractivity contribution in [2.75, 3.05) is 6.54 Å². The summed E-state index contributed by atoms with van der Waals surface area (Å²) in [5.74, 6) is -0.215. The van der Waals surface area contributed by atoms with Crippen molar-refractivity contribution in [3.05, 3.63) is 47.0 Å². The Labute approximate surface area is 106 Å². The van der Waals surface area contributed by atoms with E-state index in [1.807, 2.05) is 19.9 Å². The third-order valence-electron chi connectivity index (χ3n) is 2.92. The largest absolute Gasteiger partial charge is 0.305 e. The molecule has 1 atom stereocenters. The topological polar surface area (TPSA) is 42.7 Å². The van der Waals surface area contributed by atoms with Crippen LogP contribution in [0.25, 0.3) is 0 Å². The molecule has 1 aromatic heterocycles. The molecule has 1 unspecified atom stereocenters. The molecule has 5 heteroatoms. The van der Waals surface area contributed by atoms with E-state index in [-0.39, 0.29) is 11.9 Å². The normalized spacial score (nSPS) is 12.7. The summed E-state index contributed by atoms with van der Waals surface area (Å²) in [6.07, 6.45) is 1.66. The SMILES string of the molecule is CCNC(c1cc(C)ccc1F)c1cnnn1C. The van der Waals surface area contributed by atoms with Crippen molar-refractivity contribution in [3.63, 3.8) is 0 Å². The average Bonchev–Trinajstić information content (AvgIpc) is 2.76. The zero-order chi connectivity index (χ0) is 13.1. The fraction of sp³-hybridized carbons (Fsp3) is 0.385. The molecule has 0 saturated heterocycles. The first-order chi connectivity index (χ1) is 8.63. The maximum atomic E-state index is 14.0. The lowest BCUT2D eigenvalue weighted by atomic mass is 10.0. The van der Waals surface area contributed by atoms with Gasteiger partial charge in [-0.15, -0.1) is 5.10 Å². The summed E-state index contributed by atoms with van der Waals surface area (Å²) < 4.78 is 15.6. The number of aryl methyl sites for hydroxylation is 2. The molecule has 0 radical (unpaired) electrons. The minimum atomic E-state index is -0.227. The second kappa shape index (κ2) is 5.27. The first-order valence-corrected chi connectivity index (χ1v) is 5.97. The third kappa shape index (κ3) is 2.41. The van der Waals surface area contributed by atoms with Crippen LogP contribution in [0.3, 0.4) is 0 Å². The van der Waals surface area contributed by atoms with Crippen LogP contribution in [0.4, 0.5) is 4.39 Å². The maximum absolute atomic E-state index is 14.0. The Hall–Kier alpha value is -1.75. The molecule has 4 nitrogen and oxygen atoms in total. The van der Waals surface area contributed by atoms with E-state index in [0.717, 1.165) is 17.8 Å². The van der Waals surface area contributed by atoms with Crippen molar-refractivity contribution in [1.29, 1.82) is 0 Å². The van der Waals surface area contributed by atoms with Crippen LogP contribution in [0.1, 0.15) is 29.8 Å². The van der Waals surface area contributed by atoms with Crippen LogP contribution in [-0.2, 0) is 7.05 Å². The predicted octanol–water partition coefficient (Wildman–Crippen LogP) is 1.96. The molecule has 0 aliphatic carbocycles. The number of halogens is 1. The molecule has 2 rings (SSSR count). The first kappa shape index (κ1) is 12.7. The lowest BCUT2D eigenvalue weighted by molar-refractivity contribution is 0.530. The van der Waals surface area contributed by atoms with Crippen molar-refractivity contribution in [3.8, 4) is 0 Å². The van der Waals surface area contributed by atoms with Crippen molar-refractivity contribution in [2.24, 2.45) is 7.05 Å². The van der Waals surface area contributed by atoms with Gasteiger partial charge in [-0.1, -0.05) is 29.8 Å². The molecule has 2 aromatic rings. The van der Waals surface area contributed by atoms with Crippen molar-refractivity contribution in [1.82, 2.24) is 20.3 Å². The Bertz CT molecular complexity index is 536. The summed E-state index contributed by atoms with van der Waals surface area (Å²) >= 11 is 0. The van der Waals surface area contributed by atoms with Gasteiger partial charge in [-0.05, 0) is 19.5 Å². The van der Waals surface area contributed by atoms with Gasteiger partial charge in [-0.25, -0.2) is 4.39 Å². The standard InChI is InChI=1S/C13H17FN4/c1-4-15-13(12-8-16-17-18(12)3)10-7-9(2)5-6-11(10)14/h5-8,13,15H,4H2,1-3H3. The molecule has 0 spiro atoms. The van der Waals surface area contributed by atoms with Gasteiger partial charge in [0, 0.05) is 12.6 Å². The molecule has 0 aliphatic rings. The van der Waals surface area contributed by atoms with Gasteiger partial charge in [0.2, 0.25) is 0 Å². The second-order valence-corrected chi connectivity index (χ2v) is 4.30. The number of nitrogens with zero attached hydrogens (tertiary/aromatic N) is 3. The molecule has 0 saturated carbocycles. The van der Waals surface area contributed by atoms with Crippen molar-refractivity contribution >= 4 is 0 Å². The number of aromatic nitrogens is 3. The predicted molar refractivity (Wildman–Crippen MR) is 67.7 cm³/mol. The molecule has 0 bridgehead atoms. The second-order valence-electron chi connectivity index (χ2n) is 4.30. The fourth-order valence-corrected chi connectivity index (χ4v) is 2.02. The summed E-state index contributed by atoms with van der Waals surface area (Å²) in [5, 5.41) is 11.0. The minimum Gasteiger partial charge on any atom is -0.305 e. The van der Waals surface area contributed by atoms with Crippen LogP contribution in [0.5, 0.6) is 0 Å². The molecular formula is C13H17FN4. The Morgan fingerprint density at radius 2 is 2.22 bits per heavy atom. The number of hydrogen-bond acceptors (Lipinski definition) is 3. The Morgan fingerprint density at radius 3 is 2.83 bits per heavy atom. The zero-order valence-corrected chi connectivity index (χ0v) is 10.8. The van der Waals surface area contributed by atoms with Gasteiger partial charge in [0.1, 0.15) is 5.82 Å². The van der Waals surface area contributed by atoms with E-state index in [2.05, 4.69) is 15.6 Å². The van der Waals surface area contributed by atoms with Gasteiger partial charge in [-0.2, -0.15) is 0 Å². The van der Waals surface area contributed by atoms with Gasteiger partial charge in [0.05, 0.1) is 17.9 Å². The van der Waals surface area contributed by atoms with Crippen molar-refractivity contribution in [2.45, 2.75) is 19.9 Å². The minimum absolute atomic E-state index is 0.215. The smallest absolute Gasteiger partial charge is 0.128 e. The highest BCUT2D eigenvalue weighted by atomic mass is 19.1. The number of hydrogen-bond donors (Lipinski definition) is 1. The molecule has 0 amide bonds. The van der Waals surface area contributed by atoms with E-state index < -0.39 is 0 Å². The highest BCUT2D eigenvalue weighted by Crippen LogP contribution is 2.24. The first-order valence-electron chi connectivity index (χ1n) is 5.97. The van der Waals surface area contributed by atoms with Crippen LogP contribution in [0, 0.1) is 12.7 Å². The summed E-state index contributed by atoms with van der Waals surface area (Å²) in [5.41, 5.74) is 2.51. The van der Waals surface area contributed by atoms with Gasteiger partial charge < -0.3 is 5.32 Å². The van der Waals surface area contributed by atoms with Crippen LogP contribution < -0.4 is 5.32 Å². The quantitative estimate of drug-likeness (QED) is 0.899. The Kier molecular flexibility index (Phi) is 3.72. The molecule has 0 fully saturated rings. The van der Waals surface area contributed by atoms with Crippen LogP contribution in [0.2, 0.25) is 0 Å². The summed E-state index contributed by atoms with van der Waals surface area (Å²) in [6.45, 7) is 4.68. The fourth-order valence-electron chi connectivity index (χ4n) is 2.02. The summed E-state index contributed by atoms with van der Waals surface area (Å²) in [7, 11) is 1.81. The lowest BCUT2D eigenvalue weighted by Crippen LogP contribution is -2.25. The number of rotatable bonds is 4. The summed E-state index contributed by atoms with van der Waals surface area (Å²) in [6, 6.07) is 4.90. The van der Waals surface area contributed by atoms with E-state index >= 15 is 0 Å². The van der Waals surface area contributed by atoms with Gasteiger partial charge in [-0.3, -0.25) is 4.68 Å². The molecule has 1 aromatic carbocycles. The van der Waals surface area contributed by atoms with Crippen LogP contribution >= 0.6 is 0 Å². The van der Waals surface area contributed by atoms with E-state index in [4.69, 9.17) is 0 Å². The maximum Gasteiger partial charge on any atom is 0.128 e. The molecule has 18 heavy (non-hydrogen) atoms. The highest BCUT2D eigenvalue weighted by Gasteiger charge is 2.20. The van der Waals surface area contributed by atoms with E-state index in [1.54, 1.807) is 24.0 Å². The average molecular weight is 248 g/mol. The van der Waals surface area contributed by atoms with Crippen LogP contribution in [-0.4, -0.2) is 21.5 Å². The summed E-state index contributed by atoms with van der Waals surface area (Å²) in [4.78, 5) is 0. The van der Waals surface area contributed by atoms with E-state index in [9.17, 15) is 4.39 Å². The number of nitrogens with one attached hydrogen (secondary N) is 1. The molecular weight excluding hydrogens is 231 g/mol. The molecule has 0 aliphatic heterocycles. The molecule has 1 N–H and O–H groups in total. The van der Waals surface area contributed by atoms with Crippen molar-refractivity contribution < 1.29 is 4.39 Å². The Balaban J connectivity index is 2.48. The zero-order valence-electron chi connectivity index (χ0n) is 10.8. The molecule has 96 valence electrons. The monoisotopic (exact) mass is 248 g/mol. The van der Waals surface area contributed by atoms with Gasteiger partial charge in [0.15, 0.2) is 0 Å². The van der Waals surface area contributed by atoms with Gasteiger partial charge in [0.25, 0.3) is 0 Å². The van der Waals surface area contributed by atoms with Gasteiger partial charge >= 0.3 is 0 Å².